The second-order valence-corrected chi connectivity index (χ2v) is 9.86. The second-order valence-electron chi connectivity index (χ2n) is 7.92. The predicted octanol–water partition coefficient (Wildman–Crippen LogP) is 3.99. The van der Waals surface area contributed by atoms with Gasteiger partial charge < -0.3 is 14.8 Å². The van der Waals surface area contributed by atoms with Crippen LogP contribution in [0.2, 0.25) is 0 Å². The number of hydrogen-bond donors (Lipinski definition) is 1. The lowest BCUT2D eigenvalue weighted by Crippen LogP contribution is -2.35. The van der Waals surface area contributed by atoms with Gasteiger partial charge in [-0.25, -0.2) is 8.42 Å². The molecular formula is C25H32N2O5S. The molecule has 0 bridgehead atoms. The molecule has 0 spiro atoms. The third kappa shape index (κ3) is 6.82. The normalized spacial score (nSPS) is 14.8. The molecule has 2 aromatic rings. The summed E-state index contributed by atoms with van der Waals surface area (Å²) in [5.74, 6) is 1.04. The van der Waals surface area contributed by atoms with Gasteiger partial charge >= 0.3 is 0 Å². The molecule has 8 heteroatoms. The van der Waals surface area contributed by atoms with Crippen LogP contribution in [0.3, 0.4) is 0 Å². The zero-order valence-electron chi connectivity index (χ0n) is 19.2. The highest BCUT2D eigenvalue weighted by atomic mass is 32.2. The van der Waals surface area contributed by atoms with Crippen molar-refractivity contribution in [2.24, 2.45) is 0 Å². The Morgan fingerprint density at radius 1 is 1.06 bits per heavy atom. The molecule has 0 atom stereocenters. The first-order chi connectivity index (χ1) is 15.9. The molecule has 0 aromatic heterocycles. The maximum atomic E-state index is 12.7. The molecule has 0 unspecified atom stereocenters. The number of amides is 1. The molecule has 178 valence electrons. The number of nitrogens with one attached hydrogen (secondary N) is 1. The van der Waals surface area contributed by atoms with Gasteiger partial charge in [0.2, 0.25) is 15.9 Å². The van der Waals surface area contributed by atoms with Gasteiger partial charge in [0.25, 0.3) is 0 Å². The average Bonchev–Trinajstić information content (AvgIpc) is 2.85. The van der Waals surface area contributed by atoms with Crippen LogP contribution in [-0.2, 0) is 21.4 Å². The van der Waals surface area contributed by atoms with Crippen LogP contribution in [-0.4, -0.2) is 45.4 Å². The zero-order chi connectivity index (χ0) is 23.7. The summed E-state index contributed by atoms with van der Waals surface area (Å²) < 4.78 is 38.0. The predicted molar refractivity (Wildman–Crippen MR) is 129 cm³/mol. The van der Waals surface area contributed by atoms with Crippen molar-refractivity contribution in [3.8, 4) is 11.5 Å². The van der Waals surface area contributed by atoms with E-state index in [9.17, 15) is 13.2 Å². The van der Waals surface area contributed by atoms with E-state index < -0.39 is 10.0 Å². The molecule has 1 aliphatic heterocycles. The Labute approximate surface area is 196 Å². The van der Waals surface area contributed by atoms with Crippen LogP contribution < -0.4 is 14.8 Å². The Kier molecular flexibility index (Phi) is 8.91. The van der Waals surface area contributed by atoms with E-state index >= 15 is 0 Å². The molecule has 1 amide bonds. The maximum absolute atomic E-state index is 12.7. The van der Waals surface area contributed by atoms with E-state index in [1.54, 1.807) is 41.8 Å². The minimum absolute atomic E-state index is 0.245. The van der Waals surface area contributed by atoms with Crippen molar-refractivity contribution in [3.05, 3.63) is 59.7 Å². The van der Waals surface area contributed by atoms with Gasteiger partial charge in [-0.3, -0.25) is 4.79 Å². The van der Waals surface area contributed by atoms with E-state index in [1.807, 2.05) is 25.1 Å². The van der Waals surface area contributed by atoms with Crippen LogP contribution in [0, 0.1) is 0 Å². The molecule has 1 N–H and O–H groups in total. The number of carbonyl (C=O) groups excluding carboxylic acids is 1. The highest BCUT2D eigenvalue weighted by molar-refractivity contribution is 7.89. The Morgan fingerprint density at radius 2 is 1.79 bits per heavy atom. The van der Waals surface area contributed by atoms with Crippen molar-refractivity contribution in [1.82, 2.24) is 9.62 Å². The lowest BCUT2D eigenvalue weighted by molar-refractivity contribution is -0.116. The highest BCUT2D eigenvalue weighted by Crippen LogP contribution is 2.28. The average molecular weight is 473 g/mol. The number of ether oxygens (including phenoxy) is 2. The van der Waals surface area contributed by atoms with E-state index in [2.05, 4.69) is 5.32 Å². The fourth-order valence-electron chi connectivity index (χ4n) is 3.57. The van der Waals surface area contributed by atoms with Crippen molar-refractivity contribution < 1.29 is 22.7 Å². The zero-order valence-corrected chi connectivity index (χ0v) is 20.1. The van der Waals surface area contributed by atoms with Gasteiger partial charge in [0.1, 0.15) is 0 Å². The van der Waals surface area contributed by atoms with Crippen molar-refractivity contribution >= 4 is 22.0 Å². The first-order valence-electron chi connectivity index (χ1n) is 11.3. The number of hydrogen-bond acceptors (Lipinski definition) is 5. The van der Waals surface area contributed by atoms with Gasteiger partial charge in [0, 0.05) is 25.7 Å². The Morgan fingerprint density at radius 3 is 2.45 bits per heavy atom. The largest absolute Gasteiger partial charge is 0.493 e. The molecule has 1 saturated heterocycles. The number of piperidine rings is 1. The molecule has 33 heavy (non-hydrogen) atoms. The molecule has 3 rings (SSSR count). The fraction of sp³-hybridized carbons (Fsp3) is 0.400. The summed E-state index contributed by atoms with van der Waals surface area (Å²) in [5, 5.41) is 2.82. The quantitative estimate of drug-likeness (QED) is 0.529. The molecule has 0 radical (unpaired) electrons. The van der Waals surface area contributed by atoms with Crippen LogP contribution in [0.25, 0.3) is 6.08 Å². The van der Waals surface area contributed by atoms with Crippen LogP contribution in [0.1, 0.15) is 43.7 Å². The van der Waals surface area contributed by atoms with Gasteiger partial charge in [-0.15, -0.1) is 0 Å². The summed E-state index contributed by atoms with van der Waals surface area (Å²) in [6.45, 7) is 4.10. The van der Waals surface area contributed by atoms with Gasteiger partial charge in [-0.2, -0.15) is 4.31 Å². The Balaban J connectivity index is 1.55. The fourth-order valence-corrected chi connectivity index (χ4v) is 5.09. The van der Waals surface area contributed by atoms with Gasteiger partial charge in [0.15, 0.2) is 11.5 Å². The number of nitrogens with zero attached hydrogens (tertiary/aromatic N) is 1. The smallest absolute Gasteiger partial charge is 0.244 e. The van der Waals surface area contributed by atoms with E-state index in [-0.39, 0.29) is 5.91 Å². The summed E-state index contributed by atoms with van der Waals surface area (Å²) in [5.41, 5.74) is 1.64. The second kappa shape index (κ2) is 11.9. The molecule has 1 heterocycles. The number of rotatable bonds is 10. The molecule has 0 aliphatic carbocycles. The topological polar surface area (TPSA) is 84.9 Å². The van der Waals surface area contributed by atoms with Crippen LogP contribution in [0.15, 0.2) is 53.4 Å². The summed E-state index contributed by atoms with van der Waals surface area (Å²) in [6, 6.07) is 12.2. The minimum atomic E-state index is -3.45. The summed E-state index contributed by atoms with van der Waals surface area (Å²) in [6.07, 6.45) is 6.94. The number of benzene rings is 2. The van der Waals surface area contributed by atoms with Crippen LogP contribution >= 0.6 is 0 Å². The summed E-state index contributed by atoms with van der Waals surface area (Å²) in [7, 11) is -1.87. The monoisotopic (exact) mass is 472 g/mol. The molecular weight excluding hydrogens is 440 g/mol. The van der Waals surface area contributed by atoms with E-state index in [0.717, 1.165) is 36.8 Å². The van der Waals surface area contributed by atoms with Crippen LogP contribution in [0.4, 0.5) is 0 Å². The van der Waals surface area contributed by atoms with E-state index in [4.69, 9.17) is 9.47 Å². The van der Waals surface area contributed by atoms with Gasteiger partial charge in [0.05, 0.1) is 18.6 Å². The first kappa shape index (κ1) is 24.8. The first-order valence-corrected chi connectivity index (χ1v) is 12.7. The summed E-state index contributed by atoms with van der Waals surface area (Å²) >= 11 is 0. The minimum Gasteiger partial charge on any atom is -0.493 e. The van der Waals surface area contributed by atoms with E-state index in [0.29, 0.717) is 42.6 Å². The molecule has 1 aliphatic rings. The van der Waals surface area contributed by atoms with Gasteiger partial charge in [-0.05, 0) is 60.7 Å². The lowest BCUT2D eigenvalue weighted by Gasteiger charge is -2.25. The highest BCUT2D eigenvalue weighted by Gasteiger charge is 2.25. The SMILES string of the molecule is CCCOc1ccc(/C=C/C(=O)NCc2ccc(S(=O)(=O)N3CCCCC3)cc2)cc1OC. The summed E-state index contributed by atoms with van der Waals surface area (Å²) in [4.78, 5) is 12.5. The number of carbonyl (C=O) groups is 1. The van der Waals surface area contributed by atoms with Crippen molar-refractivity contribution in [1.29, 1.82) is 0 Å². The Bertz CT molecular complexity index is 1060. The third-order valence-corrected chi connectivity index (χ3v) is 7.33. The van der Waals surface area contributed by atoms with E-state index in [1.165, 1.54) is 6.08 Å². The standard InChI is InChI=1S/C25H32N2O5S/c1-3-17-32-23-13-9-20(18-24(23)31-2)10-14-25(28)26-19-21-7-11-22(12-8-21)33(29,30)27-15-5-4-6-16-27/h7-14,18H,3-6,15-17,19H2,1-2H3,(H,26,28)/b14-10+. The van der Waals surface area contributed by atoms with Crippen molar-refractivity contribution in [2.75, 3.05) is 26.8 Å². The van der Waals surface area contributed by atoms with Crippen LogP contribution in [0.5, 0.6) is 11.5 Å². The Hall–Kier alpha value is -2.84. The molecule has 0 saturated carbocycles. The molecule has 1 fully saturated rings. The molecule has 7 nitrogen and oxygen atoms in total. The lowest BCUT2D eigenvalue weighted by atomic mass is 10.2. The number of sulfonamides is 1. The van der Waals surface area contributed by atoms with Crippen molar-refractivity contribution in [3.63, 3.8) is 0 Å². The van der Waals surface area contributed by atoms with Crippen molar-refractivity contribution in [2.45, 2.75) is 44.0 Å². The molecule has 2 aromatic carbocycles. The van der Waals surface area contributed by atoms with Gasteiger partial charge in [-0.1, -0.05) is 31.5 Å². The third-order valence-electron chi connectivity index (χ3n) is 5.42. The maximum Gasteiger partial charge on any atom is 0.244 e. The number of methoxy groups -OCH3 is 1.